The fraction of sp³-hybridized carbons (Fsp3) is 0.933. The molecule has 0 unspecified atom stereocenters. The maximum atomic E-state index is 13.6. The Hall–Kier alpha value is -1.35. The standard InChI is InChI=1S/C30H47F3O6/c1-18(25(17-38-3)39-27(36)7-5-4-6-26(34)35)23-10-11-24-22-9-8-19-16-29(37,30(31,32)33)15-13-20(19)21(22)12-14-28(23,24)2/h18-25,37H,4-17H2,1-3H3,(H,34,35)/t18-,19+,20-,21+,22+,23+,24-,25+,28+,29+/m0/s1. The van der Waals surface area contributed by atoms with Crippen LogP contribution in [0.1, 0.15) is 97.3 Å². The van der Waals surface area contributed by atoms with Gasteiger partial charge in [-0.3, -0.25) is 9.59 Å². The number of unbranched alkanes of at least 4 members (excludes halogenated alkanes) is 1. The molecule has 6 nitrogen and oxygen atoms in total. The number of rotatable bonds is 10. The van der Waals surface area contributed by atoms with E-state index in [0.29, 0.717) is 49.5 Å². The second-order valence-electron chi connectivity index (χ2n) is 13.4. The van der Waals surface area contributed by atoms with Crippen LogP contribution in [0.4, 0.5) is 13.2 Å². The molecule has 2 N–H and O–H groups in total. The highest BCUT2D eigenvalue weighted by Crippen LogP contribution is 2.66. The van der Waals surface area contributed by atoms with Crippen molar-refractivity contribution in [3.63, 3.8) is 0 Å². The van der Waals surface area contributed by atoms with Gasteiger partial charge in [-0.25, -0.2) is 0 Å². The second-order valence-corrected chi connectivity index (χ2v) is 13.4. The van der Waals surface area contributed by atoms with Crippen molar-refractivity contribution in [2.75, 3.05) is 13.7 Å². The first kappa shape index (κ1) is 30.6. The molecule has 0 aromatic heterocycles. The first-order valence-electron chi connectivity index (χ1n) is 15.0. The molecule has 4 fully saturated rings. The van der Waals surface area contributed by atoms with Crippen LogP contribution in [0.25, 0.3) is 0 Å². The van der Waals surface area contributed by atoms with Gasteiger partial charge in [0.1, 0.15) is 6.10 Å². The van der Waals surface area contributed by atoms with Crippen LogP contribution in [0, 0.1) is 46.8 Å². The first-order chi connectivity index (χ1) is 18.3. The van der Waals surface area contributed by atoms with Crippen LogP contribution in [-0.4, -0.2) is 53.7 Å². The fourth-order valence-electron chi connectivity index (χ4n) is 9.53. The number of aliphatic carboxylic acids is 1. The van der Waals surface area contributed by atoms with E-state index >= 15 is 0 Å². The first-order valence-corrected chi connectivity index (χ1v) is 15.0. The Bertz CT molecular complexity index is 879. The average Bonchev–Trinajstić information content (AvgIpc) is 3.22. The van der Waals surface area contributed by atoms with Gasteiger partial charge in [-0.2, -0.15) is 13.2 Å². The normalized spacial score (nSPS) is 39.7. The third-order valence-corrected chi connectivity index (χ3v) is 11.5. The van der Waals surface area contributed by atoms with Crippen molar-refractivity contribution in [1.82, 2.24) is 0 Å². The number of fused-ring (bicyclic) bond motifs is 5. The lowest BCUT2D eigenvalue weighted by molar-refractivity contribution is -0.282. The number of ether oxygens (including phenoxy) is 2. The summed E-state index contributed by atoms with van der Waals surface area (Å²) in [6, 6.07) is 0. The molecule has 224 valence electrons. The molecule has 4 saturated carbocycles. The Morgan fingerprint density at radius 2 is 1.67 bits per heavy atom. The van der Waals surface area contributed by atoms with Gasteiger partial charge in [0.05, 0.1) is 6.61 Å². The maximum Gasteiger partial charge on any atom is 0.417 e. The number of esters is 1. The van der Waals surface area contributed by atoms with E-state index in [0.717, 1.165) is 38.5 Å². The van der Waals surface area contributed by atoms with Gasteiger partial charge in [0.15, 0.2) is 5.60 Å². The molecule has 0 bridgehead atoms. The van der Waals surface area contributed by atoms with Crippen LogP contribution in [0.2, 0.25) is 0 Å². The molecule has 0 saturated heterocycles. The number of carboxylic acid groups (broad SMARTS) is 1. The van der Waals surface area contributed by atoms with E-state index in [1.165, 1.54) is 0 Å². The molecular weight excluding hydrogens is 513 g/mol. The zero-order valence-corrected chi connectivity index (χ0v) is 23.7. The van der Waals surface area contributed by atoms with Crippen LogP contribution in [-0.2, 0) is 19.1 Å². The summed E-state index contributed by atoms with van der Waals surface area (Å²) in [7, 11) is 1.60. The molecule has 4 aliphatic carbocycles. The summed E-state index contributed by atoms with van der Waals surface area (Å²) in [5, 5.41) is 19.2. The van der Waals surface area contributed by atoms with Crippen LogP contribution in [0.3, 0.4) is 0 Å². The molecular formula is C30H47F3O6. The van der Waals surface area contributed by atoms with Crippen molar-refractivity contribution in [2.45, 2.75) is 115 Å². The molecule has 0 amide bonds. The molecule has 9 heteroatoms. The Kier molecular flexibility index (Phi) is 9.31. The van der Waals surface area contributed by atoms with Gasteiger partial charge in [0.25, 0.3) is 0 Å². The highest BCUT2D eigenvalue weighted by atomic mass is 19.4. The molecule has 0 radical (unpaired) electrons. The predicted octanol–water partition coefficient (Wildman–Crippen LogP) is 6.39. The largest absolute Gasteiger partial charge is 0.481 e. The minimum Gasteiger partial charge on any atom is -0.481 e. The van der Waals surface area contributed by atoms with E-state index in [1.54, 1.807) is 7.11 Å². The summed E-state index contributed by atoms with van der Waals surface area (Å²) in [5.41, 5.74) is -2.43. The minimum atomic E-state index is -4.56. The van der Waals surface area contributed by atoms with Gasteiger partial charge < -0.3 is 19.7 Å². The zero-order valence-electron chi connectivity index (χ0n) is 23.7. The molecule has 4 rings (SSSR count). The van der Waals surface area contributed by atoms with Gasteiger partial charge in [-0.05, 0) is 117 Å². The molecule has 0 aromatic carbocycles. The number of carbonyl (C=O) groups excluding carboxylic acids is 1. The van der Waals surface area contributed by atoms with E-state index < -0.39 is 17.7 Å². The highest BCUT2D eigenvalue weighted by Gasteiger charge is 2.62. The van der Waals surface area contributed by atoms with Crippen LogP contribution < -0.4 is 0 Å². The molecule has 39 heavy (non-hydrogen) atoms. The van der Waals surface area contributed by atoms with Gasteiger partial charge in [-0.15, -0.1) is 0 Å². The molecule has 0 spiro atoms. The molecule has 10 atom stereocenters. The number of aliphatic hydroxyl groups is 1. The maximum absolute atomic E-state index is 13.6. The SMILES string of the molecule is COC[C@@H](OC(=O)CCCCC(=O)O)[C@@H](C)[C@H]1CC[C@H]2[C@@H]3CC[C@@H]4C[C@@](O)(C(F)(F)F)CC[C@@H]4[C@H]3CC[C@]12C. The second kappa shape index (κ2) is 11.9. The monoisotopic (exact) mass is 560 g/mol. The van der Waals surface area contributed by atoms with Crippen molar-refractivity contribution in [3.8, 4) is 0 Å². The molecule has 0 aromatic rings. The Morgan fingerprint density at radius 1 is 0.974 bits per heavy atom. The summed E-state index contributed by atoms with van der Waals surface area (Å²) >= 11 is 0. The van der Waals surface area contributed by atoms with Gasteiger partial charge >= 0.3 is 18.1 Å². The summed E-state index contributed by atoms with van der Waals surface area (Å²) < 4.78 is 52.0. The fourth-order valence-corrected chi connectivity index (χ4v) is 9.53. The Morgan fingerprint density at radius 3 is 2.33 bits per heavy atom. The third kappa shape index (κ3) is 6.14. The van der Waals surface area contributed by atoms with Crippen molar-refractivity contribution in [2.24, 2.45) is 46.8 Å². The highest BCUT2D eigenvalue weighted by molar-refractivity contribution is 5.70. The number of carboxylic acids is 1. The topological polar surface area (TPSA) is 93.1 Å². The van der Waals surface area contributed by atoms with Gasteiger partial charge in [0.2, 0.25) is 0 Å². The lowest BCUT2D eigenvalue weighted by atomic mass is 9.48. The number of alkyl halides is 3. The van der Waals surface area contributed by atoms with E-state index in [-0.39, 0.29) is 60.9 Å². The van der Waals surface area contributed by atoms with E-state index in [4.69, 9.17) is 14.6 Å². The van der Waals surface area contributed by atoms with Gasteiger partial charge in [0, 0.05) is 20.0 Å². The van der Waals surface area contributed by atoms with Crippen molar-refractivity contribution in [1.29, 1.82) is 0 Å². The van der Waals surface area contributed by atoms with Crippen LogP contribution in [0.15, 0.2) is 0 Å². The summed E-state index contributed by atoms with van der Waals surface area (Å²) in [4.78, 5) is 23.3. The quantitative estimate of drug-likeness (QED) is 0.238. The predicted molar refractivity (Wildman–Crippen MR) is 139 cm³/mol. The number of methoxy groups -OCH3 is 1. The van der Waals surface area contributed by atoms with E-state index in [9.17, 15) is 27.9 Å². The zero-order chi connectivity index (χ0) is 28.6. The third-order valence-electron chi connectivity index (χ3n) is 11.5. The van der Waals surface area contributed by atoms with E-state index in [1.807, 2.05) is 0 Å². The van der Waals surface area contributed by atoms with Crippen molar-refractivity contribution < 1.29 is 42.4 Å². The number of hydrogen-bond donors (Lipinski definition) is 2. The number of halogens is 3. The lowest BCUT2D eigenvalue weighted by Gasteiger charge is -2.57. The number of carbonyl (C=O) groups is 2. The summed E-state index contributed by atoms with van der Waals surface area (Å²) in [6.07, 6.45) is 2.27. The minimum absolute atomic E-state index is 0.0416. The Labute approximate surface area is 230 Å². The molecule has 0 heterocycles. The smallest absolute Gasteiger partial charge is 0.417 e. The summed E-state index contributed by atoms with van der Waals surface area (Å²) in [5.74, 6) is 0.978. The van der Waals surface area contributed by atoms with Crippen molar-refractivity contribution in [3.05, 3.63) is 0 Å². The Balaban J connectivity index is 1.39. The van der Waals surface area contributed by atoms with E-state index in [2.05, 4.69) is 13.8 Å². The van der Waals surface area contributed by atoms with Gasteiger partial charge in [-0.1, -0.05) is 13.8 Å². The lowest BCUT2D eigenvalue weighted by Crippen LogP contribution is -2.55. The summed E-state index contributed by atoms with van der Waals surface area (Å²) in [6.45, 7) is 4.86. The average molecular weight is 561 g/mol. The molecule has 4 aliphatic rings. The van der Waals surface area contributed by atoms with Crippen LogP contribution in [0.5, 0.6) is 0 Å². The van der Waals surface area contributed by atoms with Crippen LogP contribution >= 0.6 is 0 Å². The van der Waals surface area contributed by atoms with Crippen molar-refractivity contribution >= 4 is 11.9 Å². The number of hydrogen-bond acceptors (Lipinski definition) is 5. The molecule has 0 aliphatic heterocycles.